The van der Waals surface area contributed by atoms with Crippen molar-refractivity contribution in [2.45, 2.75) is 78.2 Å². The number of hydrogen-bond acceptors (Lipinski definition) is 2. The summed E-state index contributed by atoms with van der Waals surface area (Å²) in [5.41, 5.74) is 0. The fraction of sp³-hybridized carbons (Fsp3) is 0.800. The van der Waals surface area contributed by atoms with Crippen molar-refractivity contribution in [3.05, 3.63) is 12.2 Å². The van der Waals surface area contributed by atoms with Gasteiger partial charge in [0.25, 0.3) is 0 Å². The van der Waals surface area contributed by atoms with Gasteiger partial charge in [-0.2, -0.15) is 0 Å². The quantitative estimate of drug-likeness (QED) is 0.316. The lowest BCUT2D eigenvalue weighted by Crippen LogP contribution is -2.10. The van der Waals surface area contributed by atoms with Gasteiger partial charge in [0.1, 0.15) is 0 Å². The third-order valence-electron chi connectivity index (χ3n) is 2.49. The fourth-order valence-corrected chi connectivity index (χ4v) is 1.61. The average molecular weight is 240 g/mol. The molecule has 0 radical (unpaired) electrons. The van der Waals surface area contributed by atoms with Gasteiger partial charge in [-0.1, -0.05) is 38.3 Å². The standard InChI is InChI=1S/C15H28O2/c1-4-5-6-7-8-9-10-11-12-13-15(16)17-14(2)3/h6-7,14H,4-5,8-13H2,1-3H3/b7-6-. The van der Waals surface area contributed by atoms with Gasteiger partial charge < -0.3 is 4.74 Å². The van der Waals surface area contributed by atoms with E-state index in [0.717, 1.165) is 12.8 Å². The molecule has 0 aliphatic rings. The molecule has 0 fully saturated rings. The molecule has 0 aromatic heterocycles. The minimum atomic E-state index is -0.0529. The van der Waals surface area contributed by atoms with Crippen molar-refractivity contribution in [2.24, 2.45) is 0 Å². The Hall–Kier alpha value is -0.790. The Labute approximate surface area is 106 Å². The first-order chi connectivity index (χ1) is 8.16. The summed E-state index contributed by atoms with van der Waals surface area (Å²) < 4.78 is 5.07. The minimum absolute atomic E-state index is 0.0196. The second kappa shape index (κ2) is 11.7. The Balaban J connectivity index is 3.21. The van der Waals surface area contributed by atoms with E-state index in [2.05, 4.69) is 19.1 Å². The normalized spacial score (nSPS) is 11.3. The molecule has 0 heterocycles. The van der Waals surface area contributed by atoms with Gasteiger partial charge in [0, 0.05) is 6.42 Å². The van der Waals surface area contributed by atoms with Crippen molar-refractivity contribution in [1.29, 1.82) is 0 Å². The van der Waals surface area contributed by atoms with Gasteiger partial charge >= 0.3 is 5.97 Å². The van der Waals surface area contributed by atoms with Crippen molar-refractivity contribution < 1.29 is 9.53 Å². The van der Waals surface area contributed by atoms with Crippen LogP contribution in [0.3, 0.4) is 0 Å². The average Bonchev–Trinajstić information content (AvgIpc) is 2.26. The third-order valence-corrected chi connectivity index (χ3v) is 2.49. The van der Waals surface area contributed by atoms with Crippen molar-refractivity contribution in [1.82, 2.24) is 0 Å². The Morgan fingerprint density at radius 3 is 2.35 bits per heavy atom. The lowest BCUT2D eigenvalue weighted by Gasteiger charge is -2.07. The van der Waals surface area contributed by atoms with E-state index in [1.165, 1.54) is 32.1 Å². The summed E-state index contributed by atoms with van der Waals surface area (Å²) in [5, 5.41) is 0. The molecular formula is C15H28O2. The van der Waals surface area contributed by atoms with Crippen molar-refractivity contribution in [3.63, 3.8) is 0 Å². The second-order valence-corrected chi connectivity index (χ2v) is 4.75. The lowest BCUT2D eigenvalue weighted by molar-refractivity contribution is -0.147. The summed E-state index contributed by atoms with van der Waals surface area (Å²) in [6.07, 6.45) is 13.3. The zero-order chi connectivity index (χ0) is 12.9. The van der Waals surface area contributed by atoms with E-state index in [9.17, 15) is 4.79 Å². The molecule has 17 heavy (non-hydrogen) atoms. The van der Waals surface area contributed by atoms with Crippen LogP contribution in [-0.2, 0) is 9.53 Å². The Bertz CT molecular complexity index is 207. The number of ether oxygens (including phenoxy) is 1. The molecule has 0 aromatic rings. The third kappa shape index (κ3) is 13.1. The van der Waals surface area contributed by atoms with Crippen LogP contribution in [0.5, 0.6) is 0 Å². The van der Waals surface area contributed by atoms with Gasteiger partial charge in [0.2, 0.25) is 0 Å². The molecule has 0 spiro atoms. The molecule has 0 saturated heterocycles. The zero-order valence-electron chi connectivity index (χ0n) is 11.7. The first-order valence-electron chi connectivity index (χ1n) is 7.01. The molecule has 0 unspecified atom stereocenters. The van der Waals surface area contributed by atoms with Crippen LogP contribution in [0.4, 0.5) is 0 Å². The van der Waals surface area contributed by atoms with E-state index in [4.69, 9.17) is 4.74 Å². The molecule has 2 nitrogen and oxygen atoms in total. The number of carbonyl (C=O) groups excluding carboxylic acids is 1. The van der Waals surface area contributed by atoms with Crippen LogP contribution >= 0.6 is 0 Å². The predicted octanol–water partition coefficient (Wildman–Crippen LogP) is 4.63. The van der Waals surface area contributed by atoms with Gasteiger partial charge in [-0.25, -0.2) is 0 Å². The monoisotopic (exact) mass is 240 g/mol. The molecular weight excluding hydrogens is 212 g/mol. The van der Waals surface area contributed by atoms with Crippen LogP contribution < -0.4 is 0 Å². The topological polar surface area (TPSA) is 26.3 Å². The summed E-state index contributed by atoms with van der Waals surface area (Å²) in [7, 11) is 0. The molecule has 0 amide bonds. The van der Waals surface area contributed by atoms with E-state index in [1.54, 1.807) is 0 Å². The number of unbranched alkanes of at least 4 members (excludes halogenated alkanes) is 5. The number of rotatable bonds is 10. The molecule has 0 saturated carbocycles. The Kier molecular flexibility index (Phi) is 11.1. The molecule has 0 aliphatic carbocycles. The SMILES string of the molecule is CCC/C=C\CCCCCCC(=O)OC(C)C. The predicted molar refractivity (Wildman–Crippen MR) is 73.0 cm³/mol. The van der Waals surface area contributed by atoms with E-state index in [1.807, 2.05) is 13.8 Å². The maximum Gasteiger partial charge on any atom is 0.306 e. The highest BCUT2D eigenvalue weighted by molar-refractivity contribution is 5.69. The first kappa shape index (κ1) is 16.2. The molecule has 0 aliphatic heterocycles. The number of carbonyl (C=O) groups is 1. The smallest absolute Gasteiger partial charge is 0.306 e. The molecule has 0 bridgehead atoms. The van der Waals surface area contributed by atoms with Gasteiger partial charge in [0.15, 0.2) is 0 Å². The van der Waals surface area contributed by atoms with Gasteiger partial charge in [-0.3, -0.25) is 4.79 Å². The van der Waals surface area contributed by atoms with E-state index >= 15 is 0 Å². The zero-order valence-corrected chi connectivity index (χ0v) is 11.7. The van der Waals surface area contributed by atoms with E-state index < -0.39 is 0 Å². The van der Waals surface area contributed by atoms with Crippen LogP contribution in [0, 0.1) is 0 Å². The number of esters is 1. The number of allylic oxidation sites excluding steroid dienone is 2. The largest absolute Gasteiger partial charge is 0.463 e. The highest BCUT2D eigenvalue weighted by atomic mass is 16.5. The summed E-state index contributed by atoms with van der Waals surface area (Å²) in [6, 6.07) is 0. The number of hydrogen-bond donors (Lipinski definition) is 0. The lowest BCUT2D eigenvalue weighted by atomic mass is 10.1. The Morgan fingerprint density at radius 1 is 1.06 bits per heavy atom. The fourth-order valence-electron chi connectivity index (χ4n) is 1.61. The highest BCUT2D eigenvalue weighted by Crippen LogP contribution is 2.07. The van der Waals surface area contributed by atoms with Crippen molar-refractivity contribution >= 4 is 5.97 Å². The molecule has 0 aromatic carbocycles. The summed E-state index contributed by atoms with van der Waals surface area (Å²) >= 11 is 0. The molecule has 0 atom stereocenters. The maximum absolute atomic E-state index is 11.2. The molecule has 0 rings (SSSR count). The molecule has 100 valence electrons. The molecule has 2 heteroatoms. The van der Waals surface area contributed by atoms with Gasteiger partial charge in [-0.15, -0.1) is 0 Å². The maximum atomic E-state index is 11.2. The Morgan fingerprint density at radius 2 is 1.71 bits per heavy atom. The highest BCUT2D eigenvalue weighted by Gasteiger charge is 2.04. The van der Waals surface area contributed by atoms with E-state index in [-0.39, 0.29) is 12.1 Å². The summed E-state index contributed by atoms with van der Waals surface area (Å²) in [5.74, 6) is -0.0529. The summed E-state index contributed by atoms with van der Waals surface area (Å²) in [6.45, 7) is 5.97. The van der Waals surface area contributed by atoms with Crippen LogP contribution in [0.2, 0.25) is 0 Å². The van der Waals surface area contributed by atoms with Crippen LogP contribution in [0.25, 0.3) is 0 Å². The molecule has 0 N–H and O–H groups in total. The van der Waals surface area contributed by atoms with Gasteiger partial charge in [0.05, 0.1) is 6.10 Å². The second-order valence-electron chi connectivity index (χ2n) is 4.75. The minimum Gasteiger partial charge on any atom is -0.463 e. The van der Waals surface area contributed by atoms with Crippen molar-refractivity contribution in [2.75, 3.05) is 0 Å². The van der Waals surface area contributed by atoms with Crippen molar-refractivity contribution in [3.8, 4) is 0 Å². The van der Waals surface area contributed by atoms with Crippen LogP contribution in [0.1, 0.15) is 72.1 Å². The van der Waals surface area contributed by atoms with Crippen LogP contribution in [0.15, 0.2) is 12.2 Å². The first-order valence-corrected chi connectivity index (χ1v) is 7.01. The van der Waals surface area contributed by atoms with E-state index in [0.29, 0.717) is 6.42 Å². The summed E-state index contributed by atoms with van der Waals surface area (Å²) in [4.78, 5) is 11.2. The van der Waals surface area contributed by atoms with Gasteiger partial charge in [-0.05, 0) is 39.5 Å². The van der Waals surface area contributed by atoms with Crippen LogP contribution in [-0.4, -0.2) is 12.1 Å².